The van der Waals surface area contributed by atoms with Gasteiger partial charge in [-0.1, -0.05) is 6.07 Å². The van der Waals surface area contributed by atoms with Crippen molar-refractivity contribution in [1.82, 2.24) is 5.32 Å². The predicted molar refractivity (Wildman–Crippen MR) is 98.7 cm³/mol. The van der Waals surface area contributed by atoms with Crippen LogP contribution in [0.3, 0.4) is 0 Å². The van der Waals surface area contributed by atoms with Crippen molar-refractivity contribution in [3.8, 4) is 17.2 Å². The van der Waals surface area contributed by atoms with E-state index >= 15 is 0 Å². The van der Waals surface area contributed by atoms with E-state index in [0.29, 0.717) is 40.4 Å². The van der Waals surface area contributed by atoms with E-state index in [1.54, 1.807) is 25.1 Å². The minimum atomic E-state index is -0.478. The molecule has 1 aliphatic rings. The van der Waals surface area contributed by atoms with Crippen LogP contribution in [0, 0.1) is 5.82 Å². The molecule has 0 bridgehead atoms. The Morgan fingerprint density at radius 1 is 1.23 bits per heavy atom. The second-order valence-electron chi connectivity index (χ2n) is 5.69. The van der Waals surface area contributed by atoms with Crippen LogP contribution in [-0.2, 0) is 0 Å². The van der Waals surface area contributed by atoms with Gasteiger partial charge in [0.05, 0.1) is 18.8 Å². The van der Waals surface area contributed by atoms with Crippen LogP contribution < -0.4 is 24.8 Å². The zero-order valence-electron chi connectivity index (χ0n) is 14.3. The van der Waals surface area contributed by atoms with Gasteiger partial charge in [0.25, 0.3) is 0 Å². The van der Waals surface area contributed by atoms with Crippen molar-refractivity contribution in [3.05, 3.63) is 46.2 Å². The molecule has 6 nitrogen and oxygen atoms in total. The van der Waals surface area contributed by atoms with Gasteiger partial charge in [0.1, 0.15) is 13.2 Å². The average Bonchev–Trinajstić information content (AvgIpc) is 2.62. The molecule has 26 heavy (non-hydrogen) atoms. The van der Waals surface area contributed by atoms with Crippen molar-refractivity contribution < 1.29 is 23.4 Å². The maximum Gasteiger partial charge on any atom is 0.319 e. The Morgan fingerprint density at radius 3 is 2.58 bits per heavy atom. The van der Waals surface area contributed by atoms with Crippen LogP contribution in [-0.4, -0.2) is 26.4 Å². The molecule has 0 aromatic heterocycles. The number of benzene rings is 2. The molecule has 138 valence electrons. The summed E-state index contributed by atoms with van der Waals surface area (Å²) in [5.74, 6) is 0.871. The molecule has 2 aromatic rings. The van der Waals surface area contributed by atoms with Gasteiger partial charge < -0.3 is 24.8 Å². The number of halogens is 2. The first-order valence-corrected chi connectivity index (χ1v) is 8.77. The lowest BCUT2D eigenvalue weighted by atomic mass is 10.1. The van der Waals surface area contributed by atoms with Gasteiger partial charge in [-0.05, 0) is 40.5 Å². The fraction of sp³-hybridized carbons (Fsp3) is 0.278. The van der Waals surface area contributed by atoms with E-state index in [-0.39, 0.29) is 5.75 Å². The van der Waals surface area contributed by atoms with Gasteiger partial charge in [0, 0.05) is 16.6 Å². The second kappa shape index (κ2) is 7.82. The zero-order chi connectivity index (χ0) is 18.7. The Hall–Kier alpha value is -2.48. The third-order valence-electron chi connectivity index (χ3n) is 3.90. The molecule has 1 atom stereocenters. The highest BCUT2D eigenvalue weighted by molar-refractivity contribution is 9.10. The van der Waals surface area contributed by atoms with Crippen molar-refractivity contribution in [2.24, 2.45) is 0 Å². The number of hydrogen-bond donors (Lipinski definition) is 2. The van der Waals surface area contributed by atoms with Crippen LogP contribution in [0.2, 0.25) is 0 Å². The Kier molecular flexibility index (Phi) is 5.51. The largest absolute Gasteiger partial charge is 0.494 e. The molecule has 0 spiro atoms. The number of rotatable bonds is 4. The normalized spacial score (nSPS) is 13.7. The van der Waals surface area contributed by atoms with E-state index in [1.807, 2.05) is 0 Å². The van der Waals surface area contributed by atoms with Crippen LogP contribution in [0.4, 0.5) is 14.9 Å². The number of carbonyl (C=O) groups excluding carboxylic acids is 1. The van der Waals surface area contributed by atoms with Crippen LogP contribution in [0.5, 0.6) is 17.2 Å². The van der Waals surface area contributed by atoms with E-state index < -0.39 is 17.9 Å². The molecule has 2 N–H and O–H groups in total. The fourth-order valence-corrected chi connectivity index (χ4v) is 2.97. The van der Waals surface area contributed by atoms with Gasteiger partial charge in [0.15, 0.2) is 23.1 Å². The molecule has 2 aromatic carbocycles. The lowest BCUT2D eigenvalue weighted by Gasteiger charge is -2.21. The van der Waals surface area contributed by atoms with Crippen molar-refractivity contribution in [3.63, 3.8) is 0 Å². The lowest BCUT2D eigenvalue weighted by Crippen LogP contribution is -2.31. The molecule has 1 heterocycles. The van der Waals surface area contributed by atoms with E-state index in [1.165, 1.54) is 19.2 Å². The summed E-state index contributed by atoms with van der Waals surface area (Å²) in [6.45, 7) is 2.71. The van der Waals surface area contributed by atoms with E-state index in [4.69, 9.17) is 14.2 Å². The highest BCUT2D eigenvalue weighted by Gasteiger charge is 2.17. The highest BCUT2D eigenvalue weighted by atomic mass is 79.9. The number of methoxy groups -OCH3 is 1. The quantitative estimate of drug-likeness (QED) is 0.769. The minimum absolute atomic E-state index is 0.158. The van der Waals surface area contributed by atoms with Crippen molar-refractivity contribution in [1.29, 1.82) is 0 Å². The number of nitrogens with one attached hydrogen (secondary N) is 2. The second-order valence-corrected chi connectivity index (χ2v) is 6.54. The number of ether oxygens (including phenoxy) is 3. The monoisotopic (exact) mass is 424 g/mol. The number of anilines is 1. The number of carbonyl (C=O) groups is 1. The first-order valence-electron chi connectivity index (χ1n) is 7.98. The Morgan fingerprint density at radius 2 is 1.92 bits per heavy atom. The molecule has 0 aliphatic carbocycles. The maximum absolute atomic E-state index is 13.8. The summed E-state index contributed by atoms with van der Waals surface area (Å²) in [4.78, 5) is 12.3. The first kappa shape index (κ1) is 18.3. The number of amides is 2. The molecule has 0 saturated heterocycles. The summed E-state index contributed by atoms with van der Waals surface area (Å²) < 4.78 is 30.4. The van der Waals surface area contributed by atoms with E-state index in [0.717, 1.165) is 0 Å². The third kappa shape index (κ3) is 4.01. The van der Waals surface area contributed by atoms with Gasteiger partial charge in [0.2, 0.25) is 0 Å². The molecule has 8 heteroatoms. The van der Waals surface area contributed by atoms with Gasteiger partial charge in [-0.3, -0.25) is 0 Å². The lowest BCUT2D eigenvalue weighted by molar-refractivity contribution is 0.171. The number of hydrogen-bond acceptors (Lipinski definition) is 4. The highest BCUT2D eigenvalue weighted by Crippen LogP contribution is 2.38. The summed E-state index contributed by atoms with van der Waals surface area (Å²) in [6, 6.07) is 7.18. The molecule has 0 saturated carbocycles. The third-order valence-corrected chi connectivity index (χ3v) is 4.56. The van der Waals surface area contributed by atoms with Gasteiger partial charge in [-0.25, -0.2) is 9.18 Å². The summed E-state index contributed by atoms with van der Waals surface area (Å²) in [6.07, 6.45) is 0. The smallest absolute Gasteiger partial charge is 0.319 e. The van der Waals surface area contributed by atoms with Gasteiger partial charge in [-0.2, -0.15) is 0 Å². The summed E-state index contributed by atoms with van der Waals surface area (Å²) in [5, 5.41) is 5.51. The maximum atomic E-state index is 13.8. The minimum Gasteiger partial charge on any atom is -0.494 e. The van der Waals surface area contributed by atoms with Crippen molar-refractivity contribution in [2.75, 3.05) is 25.6 Å². The summed E-state index contributed by atoms with van der Waals surface area (Å²) >= 11 is 3.40. The van der Waals surface area contributed by atoms with E-state index in [9.17, 15) is 9.18 Å². The molecular formula is C18H18BrFN2O4. The molecule has 1 aliphatic heterocycles. The number of urea groups is 1. The molecule has 0 fully saturated rings. The topological polar surface area (TPSA) is 68.8 Å². The predicted octanol–water partition coefficient (Wildman–Crippen LogP) is 4.25. The Balaban J connectivity index is 1.68. The molecular weight excluding hydrogens is 407 g/mol. The Bertz CT molecular complexity index is 831. The van der Waals surface area contributed by atoms with Crippen molar-refractivity contribution >= 4 is 27.6 Å². The fourth-order valence-electron chi connectivity index (χ4n) is 2.55. The molecule has 0 unspecified atom stereocenters. The zero-order valence-corrected chi connectivity index (χ0v) is 15.9. The van der Waals surface area contributed by atoms with Crippen molar-refractivity contribution in [2.45, 2.75) is 13.0 Å². The first-order chi connectivity index (χ1) is 12.5. The summed E-state index contributed by atoms with van der Waals surface area (Å²) in [5.41, 5.74) is 1.17. The van der Waals surface area contributed by atoms with Gasteiger partial charge >= 0.3 is 6.03 Å². The van der Waals surface area contributed by atoms with Crippen LogP contribution in [0.25, 0.3) is 0 Å². The Labute approximate surface area is 158 Å². The van der Waals surface area contributed by atoms with E-state index in [2.05, 4.69) is 26.6 Å². The van der Waals surface area contributed by atoms with Crippen LogP contribution in [0.1, 0.15) is 18.5 Å². The average molecular weight is 425 g/mol. The number of fused-ring (bicyclic) bond motifs is 1. The standard InChI is InChI=1S/C18H18BrFN2O4/c1-10(11-3-4-15(24-2)13(20)7-11)21-18(23)22-14-9-17-16(8-12(14)19)25-5-6-26-17/h3-4,7-10H,5-6H2,1-2H3,(H2,21,22,23)/t10-/m1/s1. The van der Waals surface area contributed by atoms with Gasteiger partial charge in [-0.15, -0.1) is 0 Å². The van der Waals surface area contributed by atoms with Crippen LogP contribution >= 0.6 is 15.9 Å². The summed E-state index contributed by atoms with van der Waals surface area (Å²) in [7, 11) is 1.40. The van der Waals surface area contributed by atoms with Crippen LogP contribution in [0.15, 0.2) is 34.8 Å². The SMILES string of the molecule is COc1ccc([C@@H](C)NC(=O)Nc2cc3c(cc2Br)OCCO3)cc1F. The molecule has 3 rings (SSSR count). The molecule has 2 amide bonds. The molecule has 0 radical (unpaired) electrons.